The van der Waals surface area contributed by atoms with Gasteiger partial charge >= 0.3 is 0 Å². The summed E-state index contributed by atoms with van der Waals surface area (Å²) >= 11 is 3.36. The number of pyridine rings is 1. The molecular formula is C12H14BrN3O4. The number of anilines is 1. The van der Waals surface area contributed by atoms with Crippen LogP contribution in [0.25, 0.3) is 0 Å². The van der Waals surface area contributed by atoms with E-state index in [-0.39, 0.29) is 5.69 Å². The lowest BCUT2D eigenvalue weighted by Gasteiger charge is -2.39. The Labute approximate surface area is 124 Å². The lowest BCUT2D eigenvalue weighted by atomic mass is 10.0. The van der Waals surface area contributed by atoms with Gasteiger partial charge in [-0.2, -0.15) is 0 Å². The minimum absolute atomic E-state index is 0.0271. The highest BCUT2D eigenvalue weighted by molar-refractivity contribution is 9.10. The number of piperidine rings is 1. The summed E-state index contributed by atoms with van der Waals surface area (Å²) in [6, 6.07) is 1.47. The van der Waals surface area contributed by atoms with Crippen LogP contribution < -0.4 is 4.90 Å². The van der Waals surface area contributed by atoms with Crippen LogP contribution in [0.1, 0.15) is 12.8 Å². The van der Waals surface area contributed by atoms with Crippen molar-refractivity contribution in [1.29, 1.82) is 0 Å². The van der Waals surface area contributed by atoms with Crippen molar-refractivity contribution >= 4 is 27.4 Å². The molecule has 1 aromatic rings. The molecule has 0 atom stereocenters. The highest BCUT2D eigenvalue weighted by Gasteiger charge is 2.41. The third-order valence-electron chi connectivity index (χ3n) is 3.55. The van der Waals surface area contributed by atoms with Gasteiger partial charge in [-0.1, -0.05) is 0 Å². The van der Waals surface area contributed by atoms with Crippen LogP contribution in [0.2, 0.25) is 0 Å². The number of hydrogen-bond acceptors (Lipinski definition) is 6. The average molecular weight is 344 g/mol. The molecule has 0 radical (unpaired) electrons. The highest BCUT2D eigenvalue weighted by Crippen LogP contribution is 2.35. The summed E-state index contributed by atoms with van der Waals surface area (Å²) in [5, 5.41) is 10.7. The van der Waals surface area contributed by atoms with Gasteiger partial charge in [-0.15, -0.1) is 0 Å². The van der Waals surface area contributed by atoms with Gasteiger partial charge in [0.1, 0.15) is 12.0 Å². The van der Waals surface area contributed by atoms with Gasteiger partial charge in [0.25, 0.3) is 5.69 Å². The van der Waals surface area contributed by atoms with Crippen LogP contribution in [0.3, 0.4) is 0 Å². The fourth-order valence-electron chi connectivity index (χ4n) is 2.65. The molecule has 7 nitrogen and oxygen atoms in total. The molecule has 2 aliphatic heterocycles. The Morgan fingerprint density at radius 2 is 2.20 bits per heavy atom. The summed E-state index contributed by atoms with van der Waals surface area (Å²) in [7, 11) is 0. The van der Waals surface area contributed by atoms with E-state index in [1.807, 2.05) is 4.90 Å². The normalized spacial score (nSPS) is 21.4. The van der Waals surface area contributed by atoms with Crippen molar-refractivity contribution in [1.82, 2.24) is 4.98 Å². The molecule has 20 heavy (non-hydrogen) atoms. The quantitative estimate of drug-likeness (QED) is 0.604. The number of aromatic nitrogens is 1. The van der Waals surface area contributed by atoms with Crippen LogP contribution in [0, 0.1) is 10.1 Å². The Kier molecular flexibility index (Phi) is 3.61. The van der Waals surface area contributed by atoms with Crippen LogP contribution in [-0.4, -0.2) is 42.0 Å². The number of halogens is 1. The first-order valence-electron chi connectivity index (χ1n) is 6.42. The van der Waals surface area contributed by atoms with E-state index in [1.165, 1.54) is 12.3 Å². The zero-order valence-corrected chi connectivity index (χ0v) is 12.3. The van der Waals surface area contributed by atoms with E-state index in [4.69, 9.17) is 9.47 Å². The molecule has 108 valence electrons. The topological polar surface area (TPSA) is 77.7 Å². The summed E-state index contributed by atoms with van der Waals surface area (Å²) in [4.78, 5) is 16.5. The molecule has 0 saturated carbocycles. The van der Waals surface area contributed by atoms with Gasteiger partial charge < -0.3 is 14.4 Å². The lowest BCUT2D eigenvalue weighted by molar-refractivity contribution is -0.385. The van der Waals surface area contributed by atoms with Crippen LogP contribution >= 0.6 is 15.9 Å². The van der Waals surface area contributed by atoms with Crippen molar-refractivity contribution in [2.45, 2.75) is 18.6 Å². The molecular weight excluding hydrogens is 330 g/mol. The molecule has 0 aromatic carbocycles. The van der Waals surface area contributed by atoms with Gasteiger partial charge in [-0.3, -0.25) is 10.1 Å². The molecule has 1 aromatic heterocycles. The van der Waals surface area contributed by atoms with E-state index in [1.54, 1.807) is 0 Å². The second-order valence-electron chi connectivity index (χ2n) is 4.89. The lowest BCUT2D eigenvalue weighted by Crippen LogP contribution is -2.49. The van der Waals surface area contributed by atoms with Crippen LogP contribution in [0.15, 0.2) is 16.7 Å². The van der Waals surface area contributed by atoms with Crippen molar-refractivity contribution in [3.8, 4) is 0 Å². The zero-order valence-electron chi connectivity index (χ0n) is 10.7. The predicted octanol–water partition coefficient (Wildman–Crippen LogP) is 2.10. The standard InChI is InChI=1S/C12H14BrN3O4/c13-10-6-9(16(17)18)7-14-11(10)15-3-1-2-12(8-15)19-4-5-20-12/h6-7H,1-5,8H2. The number of rotatable bonds is 2. The van der Waals surface area contributed by atoms with E-state index in [2.05, 4.69) is 20.9 Å². The summed E-state index contributed by atoms with van der Waals surface area (Å²) in [6.07, 6.45) is 3.08. The summed E-state index contributed by atoms with van der Waals surface area (Å²) in [5.74, 6) is 0.148. The molecule has 0 bridgehead atoms. The Bertz CT molecular complexity index is 533. The number of nitrogens with zero attached hydrogens (tertiary/aromatic N) is 3. The van der Waals surface area contributed by atoms with Gasteiger partial charge in [-0.05, 0) is 22.4 Å². The highest BCUT2D eigenvalue weighted by atomic mass is 79.9. The molecule has 3 rings (SSSR count). The van der Waals surface area contributed by atoms with E-state index in [0.717, 1.165) is 19.4 Å². The molecule has 0 amide bonds. The third-order valence-corrected chi connectivity index (χ3v) is 4.13. The fraction of sp³-hybridized carbons (Fsp3) is 0.583. The molecule has 1 spiro atoms. The minimum atomic E-state index is -0.541. The second kappa shape index (κ2) is 5.27. The van der Waals surface area contributed by atoms with Crippen molar-refractivity contribution in [3.63, 3.8) is 0 Å². The van der Waals surface area contributed by atoms with Gasteiger partial charge in [0, 0.05) is 19.0 Å². The molecule has 2 saturated heterocycles. The van der Waals surface area contributed by atoms with Gasteiger partial charge in [0.15, 0.2) is 5.79 Å². The predicted molar refractivity (Wildman–Crippen MR) is 74.7 cm³/mol. The molecule has 2 aliphatic rings. The zero-order chi connectivity index (χ0) is 14.2. The number of nitro groups is 1. The Hall–Kier alpha value is -1.25. The van der Waals surface area contributed by atoms with Crippen molar-refractivity contribution in [3.05, 3.63) is 26.9 Å². The first-order valence-corrected chi connectivity index (χ1v) is 7.22. The molecule has 0 aliphatic carbocycles. The SMILES string of the molecule is O=[N+]([O-])c1cnc(N2CCCC3(C2)OCCO3)c(Br)c1. The number of hydrogen-bond donors (Lipinski definition) is 0. The second-order valence-corrected chi connectivity index (χ2v) is 5.74. The maximum absolute atomic E-state index is 10.7. The van der Waals surface area contributed by atoms with E-state index in [0.29, 0.717) is 30.0 Å². The summed E-state index contributed by atoms with van der Waals surface area (Å²) in [5.41, 5.74) is -0.0271. The van der Waals surface area contributed by atoms with E-state index >= 15 is 0 Å². The minimum Gasteiger partial charge on any atom is -0.350 e. The van der Waals surface area contributed by atoms with Crippen molar-refractivity contribution in [2.75, 3.05) is 31.2 Å². The van der Waals surface area contributed by atoms with Crippen molar-refractivity contribution < 1.29 is 14.4 Å². The first kappa shape index (κ1) is 13.7. The largest absolute Gasteiger partial charge is 0.350 e. The first-order chi connectivity index (χ1) is 9.60. The average Bonchev–Trinajstić information content (AvgIpc) is 2.86. The van der Waals surface area contributed by atoms with E-state index < -0.39 is 10.7 Å². The van der Waals surface area contributed by atoms with Crippen LogP contribution in [0.5, 0.6) is 0 Å². The van der Waals surface area contributed by atoms with Gasteiger partial charge in [-0.25, -0.2) is 4.98 Å². The van der Waals surface area contributed by atoms with Gasteiger partial charge in [0.2, 0.25) is 0 Å². The monoisotopic (exact) mass is 343 g/mol. The summed E-state index contributed by atoms with van der Waals surface area (Å²) in [6.45, 7) is 2.65. The third kappa shape index (κ3) is 2.50. The Morgan fingerprint density at radius 3 is 2.85 bits per heavy atom. The smallest absolute Gasteiger partial charge is 0.288 e. The Balaban J connectivity index is 1.83. The molecule has 8 heteroatoms. The molecule has 0 N–H and O–H groups in total. The van der Waals surface area contributed by atoms with Crippen molar-refractivity contribution in [2.24, 2.45) is 0 Å². The fourth-order valence-corrected chi connectivity index (χ4v) is 3.24. The van der Waals surface area contributed by atoms with E-state index in [9.17, 15) is 10.1 Å². The maximum Gasteiger partial charge on any atom is 0.288 e. The molecule has 3 heterocycles. The molecule has 0 unspecified atom stereocenters. The maximum atomic E-state index is 10.7. The van der Waals surface area contributed by atoms with Crippen LogP contribution in [-0.2, 0) is 9.47 Å². The van der Waals surface area contributed by atoms with Gasteiger partial charge in [0.05, 0.1) is 29.2 Å². The Morgan fingerprint density at radius 1 is 1.45 bits per heavy atom. The molecule has 2 fully saturated rings. The van der Waals surface area contributed by atoms with Crippen LogP contribution in [0.4, 0.5) is 11.5 Å². The summed E-state index contributed by atoms with van der Waals surface area (Å²) < 4.78 is 12.1. The number of ether oxygens (including phenoxy) is 2.